The number of nitrogens with one attached hydrogen (secondary N) is 1. The maximum atomic E-state index is 14.4. The Labute approximate surface area is 175 Å². The van der Waals surface area contributed by atoms with Gasteiger partial charge in [0.15, 0.2) is 46.5 Å². The van der Waals surface area contributed by atoms with Gasteiger partial charge >= 0.3 is 0 Å². The maximum absolute atomic E-state index is 14.4. The van der Waals surface area contributed by atoms with Crippen molar-refractivity contribution in [3.63, 3.8) is 0 Å². The van der Waals surface area contributed by atoms with Gasteiger partial charge in [0, 0.05) is 10.2 Å². The Bertz CT molecular complexity index is 1200. The minimum Gasteiger partial charge on any atom is -0.352 e. The van der Waals surface area contributed by atoms with Crippen LogP contribution in [0.15, 0.2) is 28.7 Å². The number of carbonyl (C=O) groups is 1. The molecule has 0 radical (unpaired) electrons. The van der Waals surface area contributed by atoms with E-state index in [0.717, 1.165) is 0 Å². The van der Waals surface area contributed by atoms with Crippen molar-refractivity contribution in [2.24, 2.45) is 0 Å². The van der Waals surface area contributed by atoms with Gasteiger partial charge in [0.2, 0.25) is 11.6 Å². The lowest BCUT2D eigenvalue weighted by Gasteiger charge is -2.16. The molecule has 0 aromatic heterocycles. The highest BCUT2D eigenvalue weighted by molar-refractivity contribution is 9.10. The van der Waals surface area contributed by atoms with Gasteiger partial charge in [-0.2, -0.15) is 0 Å². The molecular weight excluding hydrogens is 509 g/mol. The minimum atomic E-state index is -2.63. The molecule has 0 spiro atoms. The van der Waals surface area contributed by atoms with E-state index in [1.807, 2.05) is 5.32 Å². The number of hydrogen-bond acceptors (Lipinski definition) is 2. The Morgan fingerprint density at radius 3 is 1.45 bits per heavy atom. The summed E-state index contributed by atoms with van der Waals surface area (Å²) in [7, 11) is 0. The van der Waals surface area contributed by atoms with Crippen LogP contribution in [-0.4, -0.2) is 5.78 Å². The van der Waals surface area contributed by atoms with Crippen LogP contribution in [0.5, 0.6) is 0 Å². The van der Waals surface area contributed by atoms with Crippen molar-refractivity contribution in [2.75, 3.05) is 5.32 Å². The average Bonchev–Trinajstić information content (AvgIpc) is 2.74. The zero-order valence-corrected chi connectivity index (χ0v) is 16.1. The molecule has 1 N–H and O–H groups in total. The molecule has 0 atom stereocenters. The molecule has 2 nitrogen and oxygen atoms in total. The first-order valence-corrected chi connectivity index (χ1v) is 8.71. The molecule has 0 saturated carbocycles. The number of halogens is 10. The molecule has 162 valence electrons. The Balaban J connectivity index is 2.31. The lowest BCUT2D eigenvalue weighted by atomic mass is 9.98. The summed E-state index contributed by atoms with van der Waals surface area (Å²) in [5.41, 5.74) is -5.55. The van der Waals surface area contributed by atoms with Gasteiger partial charge in [-0.15, -0.1) is 0 Å². The fraction of sp³-hybridized carbons (Fsp3) is 0. The van der Waals surface area contributed by atoms with Crippen molar-refractivity contribution in [3.05, 3.63) is 92.2 Å². The molecule has 0 aliphatic rings. The van der Waals surface area contributed by atoms with Gasteiger partial charge in [0.25, 0.3) is 0 Å². The van der Waals surface area contributed by atoms with Gasteiger partial charge in [0.05, 0.1) is 11.3 Å². The van der Waals surface area contributed by atoms with Crippen LogP contribution in [0.4, 0.5) is 50.9 Å². The summed E-state index contributed by atoms with van der Waals surface area (Å²) in [6, 6.07) is 5.13. The predicted molar refractivity (Wildman–Crippen MR) is 93.4 cm³/mol. The van der Waals surface area contributed by atoms with E-state index in [9.17, 15) is 44.3 Å². The first-order chi connectivity index (χ1) is 14.5. The van der Waals surface area contributed by atoms with Gasteiger partial charge in [-0.25, -0.2) is 39.5 Å². The van der Waals surface area contributed by atoms with Gasteiger partial charge < -0.3 is 5.32 Å². The molecule has 0 amide bonds. The maximum Gasteiger partial charge on any atom is 0.204 e. The normalized spacial score (nSPS) is 11.0. The van der Waals surface area contributed by atoms with E-state index in [2.05, 4.69) is 15.9 Å². The summed E-state index contributed by atoms with van der Waals surface area (Å²) in [6.45, 7) is 0. The summed E-state index contributed by atoms with van der Waals surface area (Å²) < 4.78 is 125. The number of hydrogen-bond donors (Lipinski definition) is 1. The van der Waals surface area contributed by atoms with Gasteiger partial charge in [-0.3, -0.25) is 4.79 Å². The predicted octanol–water partition coefficient (Wildman–Crippen LogP) is 6.68. The lowest BCUT2D eigenvalue weighted by molar-refractivity contribution is 0.102. The van der Waals surface area contributed by atoms with Crippen LogP contribution >= 0.6 is 15.9 Å². The second-order valence-corrected chi connectivity index (χ2v) is 6.83. The van der Waals surface area contributed by atoms with Crippen molar-refractivity contribution in [2.45, 2.75) is 0 Å². The van der Waals surface area contributed by atoms with Crippen LogP contribution in [0.25, 0.3) is 0 Å². The molecule has 0 fully saturated rings. The van der Waals surface area contributed by atoms with Crippen LogP contribution in [0.1, 0.15) is 15.9 Å². The highest BCUT2D eigenvalue weighted by Gasteiger charge is 2.36. The van der Waals surface area contributed by atoms with Gasteiger partial charge in [-0.05, 0) is 24.3 Å². The zero-order chi connectivity index (χ0) is 23.2. The molecule has 0 saturated heterocycles. The molecule has 0 aliphatic heterocycles. The highest BCUT2D eigenvalue weighted by atomic mass is 79.9. The third-order valence-electron chi connectivity index (χ3n) is 4.04. The third-order valence-corrected chi connectivity index (χ3v) is 4.57. The van der Waals surface area contributed by atoms with Gasteiger partial charge in [-0.1, -0.05) is 15.9 Å². The van der Waals surface area contributed by atoms with E-state index in [-0.39, 0.29) is 5.69 Å². The molecule has 31 heavy (non-hydrogen) atoms. The SMILES string of the molecule is O=C(c1c(F)c(F)c(F)c(F)c1F)c1c(F)c(F)c(F)c(F)c1Nc1ccc(Br)cc1. The van der Waals surface area contributed by atoms with Gasteiger partial charge in [0.1, 0.15) is 5.56 Å². The monoisotopic (exact) mass is 513 g/mol. The fourth-order valence-corrected chi connectivity index (χ4v) is 2.83. The number of anilines is 2. The number of carbonyl (C=O) groups excluding carboxylic acids is 1. The van der Waals surface area contributed by atoms with E-state index in [1.54, 1.807) is 0 Å². The number of benzene rings is 3. The number of rotatable bonds is 4. The standard InChI is InChI=1S/C19H5BrF9NO/c20-5-1-3-6(4-2-5)30-18-8(11(23)14(26)16(28)17(18)29)19(31)7-9(21)12(24)15(27)13(25)10(7)22/h1-4,30H. The Kier molecular flexibility index (Phi) is 6.03. The summed E-state index contributed by atoms with van der Waals surface area (Å²) in [5.74, 6) is -24.9. The van der Waals surface area contributed by atoms with Crippen molar-refractivity contribution in [1.29, 1.82) is 0 Å². The largest absolute Gasteiger partial charge is 0.352 e. The van der Waals surface area contributed by atoms with Crippen molar-refractivity contribution in [3.8, 4) is 0 Å². The van der Waals surface area contributed by atoms with Crippen LogP contribution in [-0.2, 0) is 0 Å². The van der Waals surface area contributed by atoms with Crippen molar-refractivity contribution in [1.82, 2.24) is 0 Å². The summed E-state index contributed by atoms with van der Waals surface area (Å²) in [5, 5.41) is 2.04. The average molecular weight is 514 g/mol. The second kappa shape index (κ2) is 8.25. The van der Waals surface area contributed by atoms with E-state index in [4.69, 9.17) is 0 Å². The molecule has 0 aliphatic carbocycles. The lowest BCUT2D eigenvalue weighted by Crippen LogP contribution is -2.18. The molecule has 3 aromatic carbocycles. The smallest absolute Gasteiger partial charge is 0.204 e. The summed E-state index contributed by atoms with van der Waals surface area (Å²) >= 11 is 3.07. The highest BCUT2D eigenvalue weighted by Crippen LogP contribution is 2.35. The fourth-order valence-electron chi connectivity index (χ4n) is 2.57. The molecule has 3 rings (SSSR count). The molecular formula is C19H5BrF9NO. The van der Waals surface area contributed by atoms with Crippen LogP contribution < -0.4 is 5.32 Å². The Morgan fingerprint density at radius 1 is 0.581 bits per heavy atom. The summed E-state index contributed by atoms with van der Waals surface area (Å²) in [6.07, 6.45) is 0. The molecule has 0 heterocycles. The third kappa shape index (κ3) is 3.75. The summed E-state index contributed by atoms with van der Waals surface area (Å²) in [4.78, 5) is 12.5. The second-order valence-electron chi connectivity index (χ2n) is 5.91. The topological polar surface area (TPSA) is 29.1 Å². The van der Waals surface area contributed by atoms with Crippen molar-refractivity contribution < 1.29 is 44.3 Å². The molecule has 0 bridgehead atoms. The Morgan fingerprint density at radius 2 is 0.968 bits per heavy atom. The van der Waals surface area contributed by atoms with Crippen LogP contribution in [0, 0.1) is 52.4 Å². The Hall–Kier alpha value is -3.02. The minimum absolute atomic E-state index is 0.126. The zero-order valence-electron chi connectivity index (χ0n) is 14.5. The van der Waals surface area contributed by atoms with E-state index < -0.39 is 75.0 Å². The molecule has 0 unspecified atom stereocenters. The van der Waals surface area contributed by atoms with E-state index >= 15 is 0 Å². The van der Waals surface area contributed by atoms with Crippen LogP contribution in [0.3, 0.4) is 0 Å². The quantitative estimate of drug-likeness (QED) is 0.182. The molecule has 12 heteroatoms. The first kappa shape index (κ1) is 22.7. The van der Waals surface area contributed by atoms with E-state index in [0.29, 0.717) is 4.47 Å². The molecule has 3 aromatic rings. The van der Waals surface area contributed by atoms with Crippen molar-refractivity contribution >= 4 is 33.1 Å². The van der Waals surface area contributed by atoms with Crippen LogP contribution in [0.2, 0.25) is 0 Å². The van der Waals surface area contributed by atoms with E-state index in [1.165, 1.54) is 24.3 Å². The number of ketones is 1. The first-order valence-electron chi connectivity index (χ1n) is 7.92.